The number of nitrogens with two attached hydrogens (primary N) is 1. The molecule has 20 heavy (non-hydrogen) atoms. The predicted molar refractivity (Wildman–Crippen MR) is 81.1 cm³/mol. The highest BCUT2D eigenvalue weighted by Crippen LogP contribution is 2.29. The first-order valence-corrected chi connectivity index (χ1v) is 6.59. The molecule has 0 fully saturated rings. The van der Waals surface area contributed by atoms with Crippen molar-refractivity contribution in [2.75, 3.05) is 11.9 Å². The van der Waals surface area contributed by atoms with Gasteiger partial charge >= 0.3 is 0 Å². The van der Waals surface area contributed by atoms with E-state index in [1.165, 1.54) is 12.1 Å². The van der Waals surface area contributed by atoms with E-state index in [0.717, 1.165) is 15.8 Å². The molecule has 0 aliphatic heterocycles. The van der Waals surface area contributed by atoms with Gasteiger partial charge in [0, 0.05) is 22.8 Å². The van der Waals surface area contributed by atoms with Crippen molar-refractivity contribution < 1.29 is 9.60 Å². The Labute approximate surface area is 124 Å². The number of rotatable bonds is 3. The lowest BCUT2D eigenvalue weighted by atomic mass is 10.1. The van der Waals surface area contributed by atoms with Crippen LogP contribution in [0.15, 0.2) is 52.1 Å². The number of hydrogen-bond acceptors (Lipinski definition) is 3. The summed E-state index contributed by atoms with van der Waals surface area (Å²) in [6.45, 7) is 0. The molecule has 0 aliphatic rings. The lowest BCUT2D eigenvalue weighted by Crippen LogP contribution is -2.19. The molecule has 6 heteroatoms. The van der Waals surface area contributed by atoms with E-state index in [2.05, 4.69) is 21.1 Å². The second-order valence-electron chi connectivity index (χ2n) is 4.18. The molecule has 2 rings (SSSR count). The van der Waals surface area contributed by atoms with Gasteiger partial charge in [-0.05, 0) is 42.5 Å². The Hall–Kier alpha value is -2.08. The molecule has 0 saturated heterocycles. The van der Waals surface area contributed by atoms with Gasteiger partial charge in [-0.1, -0.05) is 21.1 Å². The molecule has 2 aromatic carbocycles. The fourth-order valence-electron chi connectivity index (χ4n) is 1.86. The third-order valence-electron chi connectivity index (χ3n) is 2.92. The summed E-state index contributed by atoms with van der Waals surface area (Å²) in [7, 11) is 1.82. The van der Waals surface area contributed by atoms with Crippen LogP contribution >= 0.6 is 15.9 Å². The Balaban J connectivity index is 2.49. The minimum Gasteiger partial charge on any atom is -0.409 e. The Morgan fingerprint density at radius 2 is 1.90 bits per heavy atom. The first-order chi connectivity index (χ1) is 9.52. The molecular weight excluding hydrogens is 325 g/mol. The van der Waals surface area contributed by atoms with E-state index in [9.17, 15) is 4.39 Å². The van der Waals surface area contributed by atoms with E-state index in [-0.39, 0.29) is 11.7 Å². The Morgan fingerprint density at radius 3 is 2.50 bits per heavy atom. The molecule has 104 valence electrons. The number of halogens is 2. The first kappa shape index (κ1) is 14.3. The van der Waals surface area contributed by atoms with Gasteiger partial charge in [-0.2, -0.15) is 0 Å². The van der Waals surface area contributed by atoms with Gasteiger partial charge in [0.1, 0.15) is 5.82 Å². The summed E-state index contributed by atoms with van der Waals surface area (Å²) >= 11 is 3.35. The normalized spacial score (nSPS) is 11.4. The molecule has 0 heterocycles. The third kappa shape index (κ3) is 2.91. The van der Waals surface area contributed by atoms with Gasteiger partial charge in [-0.25, -0.2) is 4.39 Å². The SMILES string of the molecule is CN(c1ccc(F)cc1)c1ccc(Br)cc1/C(N)=N/O. The number of anilines is 2. The van der Waals surface area contributed by atoms with Crippen molar-refractivity contribution in [2.24, 2.45) is 10.9 Å². The zero-order valence-electron chi connectivity index (χ0n) is 10.7. The lowest BCUT2D eigenvalue weighted by Gasteiger charge is -2.22. The lowest BCUT2D eigenvalue weighted by molar-refractivity contribution is 0.318. The van der Waals surface area contributed by atoms with E-state index in [1.54, 1.807) is 18.2 Å². The van der Waals surface area contributed by atoms with Gasteiger partial charge in [0.15, 0.2) is 5.84 Å². The van der Waals surface area contributed by atoms with E-state index < -0.39 is 0 Å². The van der Waals surface area contributed by atoms with Crippen LogP contribution in [-0.4, -0.2) is 18.1 Å². The van der Waals surface area contributed by atoms with Gasteiger partial charge in [-0.3, -0.25) is 0 Å². The molecule has 4 nitrogen and oxygen atoms in total. The van der Waals surface area contributed by atoms with Crippen LogP contribution in [0.5, 0.6) is 0 Å². The summed E-state index contributed by atoms with van der Waals surface area (Å²) in [5, 5.41) is 11.9. The van der Waals surface area contributed by atoms with Crippen molar-refractivity contribution in [1.29, 1.82) is 0 Å². The Kier molecular flexibility index (Phi) is 4.24. The maximum atomic E-state index is 13.0. The summed E-state index contributed by atoms with van der Waals surface area (Å²) in [5.41, 5.74) is 7.81. The monoisotopic (exact) mass is 337 g/mol. The molecule has 0 saturated carbocycles. The topological polar surface area (TPSA) is 61.8 Å². The average Bonchev–Trinajstić information content (AvgIpc) is 2.46. The van der Waals surface area contributed by atoms with Gasteiger partial charge in [-0.15, -0.1) is 0 Å². The van der Waals surface area contributed by atoms with Crippen molar-refractivity contribution in [3.05, 3.63) is 58.3 Å². The largest absolute Gasteiger partial charge is 0.409 e. The molecule has 0 aliphatic carbocycles. The van der Waals surface area contributed by atoms with E-state index in [1.807, 2.05) is 24.1 Å². The summed E-state index contributed by atoms with van der Waals surface area (Å²) in [4.78, 5) is 1.83. The first-order valence-electron chi connectivity index (χ1n) is 5.79. The Morgan fingerprint density at radius 1 is 1.25 bits per heavy atom. The van der Waals surface area contributed by atoms with Gasteiger partial charge in [0.2, 0.25) is 0 Å². The number of amidine groups is 1. The fourth-order valence-corrected chi connectivity index (χ4v) is 2.22. The van der Waals surface area contributed by atoms with Crippen molar-refractivity contribution in [1.82, 2.24) is 0 Å². The number of hydrogen-bond donors (Lipinski definition) is 2. The van der Waals surface area contributed by atoms with E-state index in [0.29, 0.717) is 5.56 Å². The van der Waals surface area contributed by atoms with Crippen LogP contribution in [0, 0.1) is 5.82 Å². The van der Waals surface area contributed by atoms with Crippen LogP contribution in [-0.2, 0) is 0 Å². The van der Waals surface area contributed by atoms with Crippen LogP contribution in [0.1, 0.15) is 5.56 Å². The summed E-state index contributed by atoms with van der Waals surface area (Å²) in [5.74, 6) is -0.287. The zero-order chi connectivity index (χ0) is 14.7. The molecule has 0 amide bonds. The maximum Gasteiger partial charge on any atom is 0.172 e. The van der Waals surface area contributed by atoms with E-state index >= 15 is 0 Å². The fraction of sp³-hybridized carbons (Fsp3) is 0.0714. The summed E-state index contributed by atoms with van der Waals surface area (Å²) in [6.07, 6.45) is 0. The van der Waals surface area contributed by atoms with E-state index in [4.69, 9.17) is 10.9 Å². The molecule has 0 atom stereocenters. The molecule has 0 spiro atoms. The second-order valence-corrected chi connectivity index (χ2v) is 5.10. The highest BCUT2D eigenvalue weighted by molar-refractivity contribution is 9.10. The highest BCUT2D eigenvalue weighted by Gasteiger charge is 2.13. The quantitative estimate of drug-likeness (QED) is 0.390. The highest BCUT2D eigenvalue weighted by atomic mass is 79.9. The zero-order valence-corrected chi connectivity index (χ0v) is 12.3. The molecule has 0 bridgehead atoms. The molecule has 0 radical (unpaired) electrons. The van der Waals surface area contributed by atoms with Crippen molar-refractivity contribution >= 4 is 33.1 Å². The van der Waals surface area contributed by atoms with Gasteiger partial charge in [0.05, 0.1) is 5.69 Å². The second kappa shape index (κ2) is 5.92. The number of nitrogens with zero attached hydrogens (tertiary/aromatic N) is 2. The van der Waals surface area contributed by atoms with Gasteiger partial charge in [0.25, 0.3) is 0 Å². The van der Waals surface area contributed by atoms with Crippen LogP contribution in [0.3, 0.4) is 0 Å². The molecular formula is C14H13BrFN3O. The van der Waals surface area contributed by atoms with Crippen molar-refractivity contribution in [3.63, 3.8) is 0 Å². The molecule has 2 aromatic rings. The molecule has 3 N–H and O–H groups in total. The number of oxime groups is 1. The van der Waals surface area contributed by atoms with Crippen molar-refractivity contribution in [3.8, 4) is 0 Å². The van der Waals surface area contributed by atoms with Crippen LogP contribution in [0.4, 0.5) is 15.8 Å². The minimum absolute atomic E-state index is 0.00950. The Bertz CT molecular complexity index is 643. The van der Waals surface area contributed by atoms with Crippen LogP contribution in [0.25, 0.3) is 0 Å². The summed E-state index contributed by atoms with van der Waals surface area (Å²) in [6, 6.07) is 11.5. The maximum absolute atomic E-state index is 13.0. The van der Waals surface area contributed by atoms with Gasteiger partial charge < -0.3 is 15.8 Å². The van der Waals surface area contributed by atoms with Crippen LogP contribution in [0.2, 0.25) is 0 Å². The smallest absolute Gasteiger partial charge is 0.172 e. The van der Waals surface area contributed by atoms with Crippen LogP contribution < -0.4 is 10.6 Å². The van der Waals surface area contributed by atoms with Crippen molar-refractivity contribution in [2.45, 2.75) is 0 Å². The number of benzene rings is 2. The molecule has 0 aromatic heterocycles. The summed E-state index contributed by atoms with van der Waals surface area (Å²) < 4.78 is 13.8. The molecule has 0 unspecified atom stereocenters. The standard InChI is InChI=1S/C14H13BrFN3O/c1-19(11-5-3-10(16)4-6-11)13-7-2-9(15)8-12(13)14(17)18-20/h2-8,20H,1H3,(H2,17,18). The minimum atomic E-state index is -0.297. The predicted octanol–water partition coefficient (Wildman–Crippen LogP) is 3.45. The third-order valence-corrected chi connectivity index (χ3v) is 3.41. The average molecular weight is 338 g/mol.